The van der Waals surface area contributed by atoms with Gasteiger partial charge in [0.05, 0.1) is 0 Å². The molecule has 3 amide bonds. The number of aryl methyl sites for hydroxylation is 1. The third-order valence-electron chi connectivity index (χ3n) is 7.58. The first kappa shape index (κ1) is 26.2. The third-order valence-corrected chi connectivity index (χ3v) is 7.58. The lowest BCUT2D eigenvalue weighted by molar-refractivity contribution is 0.0951. The number of rotatable bonds is 8. The zero-order chi connectivity index (χ0) is 25.2. The molecule has 2 aromatic rings. The summed E-state index contributed by atoms with van der Waals surface area (Å²) in [7, 11) is 0. The van der Waals surface area contributed by atoms with Gasteiger partial charge < -0.3 is 20.4 Å². The molecule has 2 aromatic carbocycles. The fourth-order valence-electron chi connectivity index (χ4n) is 5.36. The maximum absolute atomic E-state index is 12.9. The van der Waals surface area contributed by atoms with Gasteiger partial charge in [0.15, 0.2) is 0 Å². The van der Waals surface area contributed by atoms with Crippen molar-refractivity contribution < 1.29 is 9.59 Å². The molecular weight excluding hydrogens is 448 g/mol. The van der Waals surface area contributed by atoms with Gasteiger partial charge in [-0.3, -0.25) is 4.79 Å². The molecule has 194 valence electrons. The van der Waals surface area contributed by atoms with Crippen molar-refractivity contribution in [1.29, 1.82) is 0 Å². The van der Waals surface area contributed by atoms with Gasteiger partial charge in [0, 0.05) is 36.8 Å². The standard InChI is InChI=1S/C30H42N4O2/c1-2-24-13-15-28(16-14-24)32-30(36)34-21-8-12-27(23-34)25-10-7-11-26(22-25)29(35)31-17-9-20-33-18-5-3-4-6-19-33/h7,10-11,13-16,22,27H,2-6,8-9,12,17-21,23H2,1H3,(H,31,35)(H,32,36)/t27-/m1/s1. The summed E-state index contributed by atoms with van der Waals surface area (Å²) in [5, 5.41) is 6.15. The van der Waals surface area contributed by atoms with Crippen LogP contribution >= 0.6 is 0 Å². The van der Waals surface area contributed by atoms with Gasteiger partial charge in [-0.25, -0.2) is 4.79 Å². The minimum Gasteiger partial charge on any atom is -0.352 e. The largest absolute Gasteiger partial charge is 0.352 e. The molecule has 2 fully saturated rings. The number of nitrogens with zero attached hydrogens (tertiary/aromatic N) is 2. The van der Waals surface area contributed by atoms with E-state index < -0.39 is 0 Å². The van der Waals surface area contributed by atoms with Crippen LogP contribution in [0.5, 0.6) is 0 Å². The molecule has 0 unspecified atom stereocenters. The van der Waals surface area contributed by atoms with Crippen molar-refractivity contribution in [1.82, 2.24) is 15.1 Å². The molecule has 4 rings (SSSR count). The van der Waals surface area contributed by atoms with Crippen LogP contribution in [0.15, 0.2) is 48.5 Å². The van der Waals surface area contributed by atoms with Crippen LogP contribution in [0.25, 0.3) is 0 Å². The molecule has 2 aliphatic rings. The molecule has 2 heterocycles. The van der Waals surface area contributed by atoms with E-state index in [-0.39, 0.29) is 17.9 Å². The number of piperidine rings is 1. The highest BCUT2D eigenvalue weighted by atomic mass is 16.2. The van der Waals surface area contributed by atoms with Crippen LogP contribution in [0.3, 0.4) is 0 Å². The van der Waals surface area contributed by atoms with Crippen LogP contribution in [0.4, 0.5) is 10.5 Å². The van der Waals surface area contributed by atoms with Gasteiger partial charge >= 0.3 is 6.03 Å². The Morgan fingerprint density at radius 1 is 0.944 bits per heavy atom. The first-order chi connectivity index (χ1) is 17.6. The van der Waals surface area contributed by atoms with E-state index in [0.717, 1.165) is 50.0 Å². The molecule has 0 bridgehead atoms. The van der Waals surface area contributed by atoms with Crippen molar-refractivity contribution in [3.8, 4) is 0 Å². The first-order valence-electron chi connectivity index (χ1n) is 13.9. The number of benzene rings is 2. The topological polar surface area (TPSA) is 64.7 Å². The van der Waals surface area contributed by atoms with Crippen LogP contribution < -0.4 is 10.6 Å². The van der Waals surface area contributed by atoms with E-state index in [2.05, 4.69) is 40.7 Å². The first-order valence-corrected chi connectivity index (χ1v) is 13.9. The molecule has 2 aliphatic heterocycles. The highest BCUT2D eigenvalue weighted by Crippen LogP contribution is 2.28. The van der Waals surface area contributed by atoms with Gasteiger partial charge in [0.2, 0.25) is 0 Å². The highest BCUT2D eigenvalue weighted by Gasteiger charge is 2.25. The van der Waals surface area contributed by atoms with E-state index in [1.165, 1.54) is 44.3 Å². The average molecular weight is 491 g/mol. The molecule has 0 radical (unpaired) electrons. The summed E-state index contributed by atoms with van der Waals surface area (Å²) in [6, 6.07) is 16.0. The summed E-state index contributed by atoms with van der Waals surface area (Å²) in [5.41, 5.74) is 3.93. The number of carbonyl (C=O) groups is 2. The van der Waals surface area contributed by atoms with Gasteiger partial charge in [-0.2, -0.15) is 0 Å². The van der Waals surface area contributed by atoms with E-state index in [1.807, 2.05) is 35.2 Å². The Hall–Kier alpha value is -2.86. The predicted molar refractivity (Wildman–Crippen MR) is 147 cm³/mol. The lowest BCUT2D eigenvalue weighted by atomic mass is 9.89. The summed E-state index contributed by atoms with van der Waals surface area (Å²) in [6.45, 7) is 7.69. The van der Waals surface area contributed by atoms with E-state index in [4.69, 9.17) is 0 Å². The van der Waals surface area contributed by atoms with Crippen LogP contribution in [0.2, 0.25) is 0 Å². The minimum atomic E-state index is -0.0535. The molecule has 2 N–H and O–H groups in total. The minimum absolute atomic E-state index is 0.00588. The van der Waals surface area contributed by atoms with Gasteiger partial charge in [-0.1, -0.05) is 44.0 Å². The number of likely N-dealkylation sites (tertiary alicyclic amines) is 2. The summed E-state index contributed by atoms with van der Waals surface area (Å²) in [5.74, 6) is 0.233. The van der Waals surface area contributed by atoms with Crippen LogP contribution in [0.1, 0.15) is 79.3 Å². The fourth-order valence-corrected chi connectivity index (χ4v) is 5.36. The molecule has 6 heteroatoms. The summed E-state index contributed by atoms with van der Waals surface area (Å²) < 4.78 is 0. The SMILES string of the molecule is CCc1ccc(NC(=O)N2CCC[C@@H](c3cccc(C(=O)NCCCN4CCCCCC4)c3)C2)cc1. The molecule has 1 atom stereocenters. The van der Waals surface area contributed by atoms with Crippen molar-refractivity contribution in [2.45, 2.75) is 64.2 Å². The van der Waals surface area contributed by atoms with Gasteiger partial charge in [0.1, 0.15) is 0 Å². The quantitative estimate of drug-likeness (QED) is 0.470. The summed E-state index contributed by atoms with van der Waals surface area (Å²) in [6.07, 6.45) is 9.24. The monoisotopic (exact) mass is 490 g/mol. The van der Waals surface area contributed by atoms with Crippen molar-refractivity contribution in [3.63, 3.8) is 0 Å². The molecular formula is C30H42N4O2. The van der Waals surface area contributed by atoms with Crippen molar-refractivity contribution >= 4 is 17.6 Å². The average Bonchev–Trinajstić information content (AvgIpc) is 3.20. The number of anilines is 1. The number of nitrogens with one attached hydrogen (secondary N) is 2. The number of amides is 3. The molecule has 0 aliphatic carbocycles. The maximum atomic E-state index is 12.9. The Kier molecular flexibility index (Phi) is 9.79. The second kappa shape index (κ2) is 13.4. The van der Waals surface area contributed by atoms with Crippen LogP contribution in [0, 0.1) is 0 Å². The predicted octanol–water partition coefficient (Wildman–Crippen LogP) is 5.66. The maximum Gasteiger partial charge on any atom is 0.321 e. The summed E-state index contributed by atoms with van der Waals surface area (Å²) in [4.78, 5) is 30.1. The zero-order valence-corrected chi connectivity index (χ0v) is 21.8. The molecule has 2 saturated heterocycles. The third kappa shape index (κ3) is 7.57. The van der Waals surface area contributed by atoms with Gasteiger partial charge in [-0.05, 0) is 93.6 Å². The van der Waals surface area contributed by atoms with Crippen molar-refractivity contribution in [2.24, 2.45) is 0 Å². The Morgan fingerprint density at radius 2 is 1.72 bits per heavy atom. The zero-order valence-electron chi connectivity index (χ0n) is 21.8. The lowest BCUT2D eigenvalue weighted by Gasteiger charge is -2.33. The second-order valence-electron chi connectivity index (χ2n) is 10.3. The Bertz CT molecular complexity index is 983. The number of carbonyl (C=O) groups excluding carboxylic acids is 2. The lowest BCUT2D eigenvalue weighted by Crippen LogP contribution is -2.41. The Morgan fingerprint density at radius 3 is 2.47 bits per heavy atom. The Labute approximate surface area is 216 Å². The second-order valence-corrected chi connectivity index (χ2v) is 10.3. The normalized spacial score (nSPS) is 18.9. The van der Waals surface area contributed by atoms with Gasteiger partial charge in [0.25, 0.3) is 5.91 Å². The number of urea groups is 1. The number of hydrogen-bond acceptors (Lipinski definition) is 3. The van der Waals surface area contributed by atoms with Crippen molar-refractivity contribution in [2.75, 3.05) is 44.6 Å². The molecule has 0 saturated carbocycles. The van der Waals surface area contributed by atoms with E-state index in [9.17, 15) is 9.59 Å². The van der Waals surface area contributed by atoms with Crippen LogP contribution in [-0.2, 0) is 6.42 Å². The summed E-state index contributed by atoms with van der Waals surface area (Å²) >= 11 is 0. The molecule has 6 nitrogen and oxygen atoms in total. The molecule has 36 heavy (non-hydrogen) atoms. The van der Waals surface area contributed by atoms with E-state index >= 15 is 0 Å². The van der Waals surface area contributed by atoms with Gasteiger partial charge in [-0.15, -0.1) is 0 Å². The highest BCUT2D eigenvalue weighted by molar-refractivity contribution is 5.94. The number of hydrogen-bond donors (Lipinski definition) is 2. The molecule has 0 spiro atoms. The van der Waals surface area contributed by atoms with E-state index in [1.54, 1.807) is 0 Å². The van der Waals surface area contributed by atoms with Crippen molar-refractivity contribution in [3.05, 3.63) is 65.2 Å². The van der Waals surface area contributed by atoms with E-state index in [0.29, 0.717) is 18.7 Å². The Balaban J connectivity index is 1.27. The fraction of sp³-hybridized carbons (Fsp3) is 0.533. The molecule has 0 aromatic heterocycles. The van der Waals surface area contributed by atoms with Crippen LogP contribution in [-0.4, -0.2) is 61.0 Å². The smallest absolute Gasteiger partial charge is 0.321 e.